The Hall–Kier alpha value is 0.880. The molecule has 3 unspecified atom stereocenters. The van der Waals surface area contributed by atoms with Crippen molar-refractivity contribution in [3.05, 3.63) is 0 Å². The van der Waals surface area contributed by atoms with Gasteiger partial charge in [-0.25, -0.2) is 0 Å². The van der Waals surface area contributed by atoms with Crippen molar-refractivity contribution >= 4 is 0 Å². The standard InChI is InChI=1S/C6H13O3.Na/c1-4(8)6(3-7)5(2)9;/h4-8H,3H2,1-2H3;/q-1;+1. The van der Waals surface area contributed by atoms with Crippen molar-refractivity contribution < 1.29 is 44.9 Å². The summed E-state index contributed by atoms with van der Waals surface area (Å²) in [6, 6.07) is 0. The zero-order chi connectivity index (χ0) is 7.44. The molecule has 56 valence electrons. The zero-order valence-electron chi connectivity index (χ0n) is 6.74. The summed E-state index contributed by atoms with van der Waals surface area (Å²) in [7, 11) is 0. The van der Waals surface area contributed by atoms with E-state index in [-0.39, 0.29) is 36.2 Å². The largest absolute Gasteiger partial charge is 1.00 e. The fourth-order valence-corrected chi connectivity index (χ4v) is 0.693. The second kappa shape index (κ2) is 6.58. The van der Waals surface area contributed by atoms with E-state index in [0.29, 0.717) is 0 Å². The van der Waals surface area contributed by atoms with Crippen molar-refractivity contribution in [1.82, 2.24) is 0 Å². The average Bonchev–Trinajstić information content (AvgIpc) is 1.64. The van der Waals surface area contributed by atoms with Gasteiger partial charge in [0.15, 0.2) is 0 Å². The summed E-state index contributed by atoms with van der Waals surface area (Å²) in [6.45, 7) is 2.71. The minimum atomic E-state index is -0.894. The van der Waals surface area contributed by atoms with Crippen molar-refractivity contribution in [3.8, 4) is 0 Å². The van der Waals surface area contributed by atoms with Gasteiger partial charge in [-0.1, -0.05) is 6.92 Å². The molecule has 3 atom stereocenters. The fraction of sp³-hybridized carbons (Fsp3) is 1.00. The quantitative estimate of drug-likeness (QED) is 0.407. The van der Waals surface area contributed by atoms with E-state index in [4.69, 9.17) is 10.2 Å². The van der Waals surface area contributed by atoms with E-state index < -0.39 is 18.1 Å². The molecule has 0 saturated carbocycles. The number of rotatable bonds is 3. The van der Waals surface area contributed by atoms with Crippen molar-refractivity contribution in [3.63, 3.8) is 0 Å². The van der Waals surface area contributed by atoms with E-state index in [1.54, 1.807) is 0 Å². The van der Waals surface area contributed by atoms with Gasteiger partial charge in [0.25, 0.3) is 0 Å². The molecule has 0 aliphatic heterocycles. The first kappa shape index (κ1) is 13.5. The number of aliphatic hydroxyl groups is 2. The molecule has 0 radical (unpaired) electrons. The molecule has 0 aromatic heterocycles. The van der Waals surface area contributed by atoms with Crippen LogP contribution in [0.4, 0.5) is 0 Å². The van der Waals surface area contributed by atoms with Crippen LogP contribution in [0.2, 0.25) is 0 Å². The average molecular weight is 156 g/mol. The van der Waals surface area contributed by atoms with Crippen molar-refractivity contribution in [1.29, 1.82) is 0 Å². The molecule has 0 aromatic rings. The van der Waals surface area contributed by atoms with Crippen LogP contribution in [0.3, 0.4) is 0 Å². The van der Waals surface area contributed by atoms with Gasteiger partial charge in [-0.3, -0.25) is 0 Å². The molecule has 0 aromatic carbocycles. The molecule has 0 bridgehead atoms. The SMILES string of the molecule is CC([O-])C(CO)C(C)O.[Na+]. The van der Waals surface area contributed by atoms with Gasteiger partial charge >= 0.3 is 29.6 Å². The first-order valence-electron chi connectivity index (χ1n) is 3.04. The third-order valence-corrected chi connectivity index (χ3v) is 1.43. The minimum absolute atomic E-state index is 0. The van der Waals surface area contributed by atoms with Crippen molar-refractivity contribution in [2.24, 2.45) is 5.92 Å². The maximum atomic E-state index is 10.6. The van der Waals surface area contributed by atoms with Crippen LogP contribution in [0.15, 0.2) is 0 Å². The Morgan fingerprint density at radius 1 is 1.40 bits per heavy atom. The summed E-state index contributed by atoms with van der Waals surface area (Å²) in [5.41, 5.74) is 0. The number of hydrogen-bond acceptors (Lipinski definition) is 3. The van der Waals surface area contributed by atoms with E-state index in [1.807, 2.05) is 0 Å². The van der Waals surface area contributed by atoms with Crippen LogP contribution in [-0.2, 0) is 0 Å². The Balaban J connectivity index is 0. The predicted molar refractivity (Wildman–Crippen MR) is 31.7 cm³/mol. The van der Waals surface area contributed by atoms with Gasteiger partial charge < -0.3 is 15.3 Å². The maximum absolute atomic E-state index is 10.6. The Labute approximate surface area is 83.4 Å². The molecular formula is C6H13NaO3. The van der Waals surface area contributed by atoms with Crippen LogP contribution in [0.1, 0.15) is 13.8 Å². The molecule has 4 heteroatoms. The molecule has 0 aliphatic rings. The van der Waals surface area contributed by atoms with Crippen LogP contribution in [-0.4, -0.2) is 29.0 Å². The van der Waals surface area contributed by atoms with Gasteiger partial charge in [0, 0.05) is 6.61 Å². The Bertz CT molecular complexity index is 67.4. The molecule has 2 N–H and O–H groups in total. The molecule has 0 saturated heterocycles. The van der Waals surface area contributed by atoms with Gasteiger partial charge in [0.05, 0.1) is 6.10 Å². The van der Waals surface area contributed by atoms with Gasteiger partial charge in [-0.2, -0.15) is 0 Å². The van der Waals surface area contributed by atoms with Gasteiger partial charge in [0.2, 0.25) is 0 Å². The monoisotopic (exact) mass is 156 g/mol. The maximum Gasteiger partial charge on any atom is 1.00 e. The fourth-order valence-electron chi connectivity index (χ4n) is 0.693. The molecule has 0 heterocycles. The van der Waals surface area contributed by atoms with Gasteiger partial charge in [-0.05, 0) is 12.8 Å². The second-order valence-electron chi connectivity index (χ2n) is 2.29. The van der Waals surface area contributed by atoms with Crippen LogP contribution in [0.25, 0.3) is 0 Å². The molecule has 0 spiro atoms. The van der Waals surface area contributed by atoms with Crippen molar-refractivity contribution in [2.75, 3.05) is 6.61 Å². The van der Waals surface area contributed by atoms with Crippen LogP contribution in [0.5, 0.6) is 0 Å². The van der Waals surface area contributed by atoms with E-state index in [1.165, 1.54) is 13.8 Å². The van der Waals surface area contributed by atoms with Gasteiger partial charge in [-0.15, -0.1) is 6.10 Å². The summed E-state index contributed by atoms with van der Waals surface area (Å²) < 4.78 is 0. The topological polar surface area (TPSA) is 63.5 Å². The molecule has 0 fully saturated rings. The van der Waals surface area contributed by atoms with E-state index >= 15 is 0 Å². The van der Waals surface area contributed by atoms with Crippen LogP contribution in [0, 0.1) is 5.92 Å². The van der Waals surface area contributed by atoms with Crippen LogP contribution >= 0.6 is 0 Å². The summed E-state index contributed by atoms with van der Waals surface area (Å²) in [5, 5.41) is 27.9. The normalized spacial score (nSPS) is 18.9. The summed E-state index contributed by atoms with van der Waals surface area (Å²) in [6.07, 6.45) is -1.60. The van der Waals surface area contributed by atoms with Gasteiger partial charge in [0.1, 0.15) is 0 Å². The Kier molecular flexibility index (Phi) is 8.86. The smallest absolute Gasteiger partial charge is 0.852 e. The van der Waals surface area contributed by atoms with E-state index in [0.717, 1.165) is 0 Å². The molecule has 10 heavy (non-hydrogen) atoms. The zero-order valence-corrected chi connectivity index (χ0v) is 8.74. The Morgan fingerprint density at radius 3 is 1.80 bits per heavy atom. The van der Waals surface area contributed by atoms with Crippen LogP contribution < -0.4 is 34.7 Å². The Morgan fingerprint density at radius 2 is 1.80 bits per heavy atom. The third-order valence-electron chi connectivity index (χ3n) is 1.43. The molecular weight excluding hydrogens is 143 g/mol. The third kappa shape index (κ3) is 4.66. The minimum Gasteiger partial charge on any atom is -0.852 e. The second-order valence-corrected chi connectivity index (χ2v) is 2.29. The van der Waals surface area contributed by atoms with Crippen molar-refractivity contribution in [2.45, 2.75) is 26.1 Å². The molecule has 0 aliphatic carbocycles. The molecule has 3 nitrogen and oxygen atoms in total. The first-order chi connectivity index (χ1) is 4.09. The summed E-state index contributed by atoms with van der Waals surface area (Å²) in [4.78, 5) is 0. The van der Waals surface area contributed by atoms with E-state index in [9.17, 15) is 5.11 Å². The molecule has 0 amide bonds. The predicted octanol–water partition coefficient (Wildman–Crippen LogP) is -4.27. The summed E-state index contributed by atoms with van der Waals surface area (Å²) >= 11 is 0. The number of hydrogen-bond donors (Lipinski definition) is 2. The molecule has 0 rings (SSSR count). The van der Waals surface area contributed by atoms with E-state index in [2.05, 4.69) is 0 Å². The number of aliphatic hydroxyl groups excluding tert-OH is 2. The first-order valence-corrected chi connectivity index (χ1v) is 3.04. The summed E-state index contributed by atoms with van der Waals surface area (Å²) in [5.74, 6) is -0.523.